The van der Waals surface area contributed by atoms with Crippen LogP contribution in [0.3, 0.4) is 0 Å². The van der Waals surface area contributed by atoms with Crippen molar-refractivity contribution >= 4 is 17.2 Å². The van der Waals surface area contributed by atoms with Gasteiger partial charge >= 0.3 is 0 Å². The van der Waals surface area contributed by atoms with Gasteiger partial charge in [-0.05, 0) is 26.7 Å². The van der Waals surface area contributed by atoms with E-state index in [4.69, 9.17) is 4.52 Å². The Morgan fingerprint density at radius 1 is 1.38 bits per heavy atom. The normalized spacial score (nSPS) is 19.5. The van der Waals surface area contributed by atoms with Gasteiger partial charge in [-0.1, -0.05) is 18.0 Å². The molecule has 1 unspecified atom stereocenters. The first kappa shape index (κ1) is 14.2. The number of amides is 1. The summed E-state index contributed by atoms with van der Waals surface area (Å²) in [6.45, 7) is 4.58. The van der Waals surface area contributed by atoms with Crippen LogP contribution in [0.1, 0.15) is 57.9 Å². The second kappa shape index (κ2) is 5.93. The third-order valence-electron chi connectivity index (χ3n) is 3.80. The van der Waals surface area contributed by atoms with Crippen molar-refractivity contribution in [3.63, 3.8) is 0 Å². The summed E-state index contributed by atoms with van der Waals surface area (Å²) in [6.07, 6.45) is 5.38. The summed E-state index contributed by atoms with van der Waals surface area (Å²) >= 11 is 1.56. The minimum Gasteiger partial charge on any atom is -0.343 e. The van der Waals surface area contributed by atoms with E-state index in [1.165, 1.54) is 6.39 Å². The Labute approximate surface area is 127 Å². The number of carbonyl (C=O) groups excluding carboxylic acids is 1. The highest BCUT2D eigenvalue weighted by atomic mass is 32.1. The topological polar surface area (TPSA) is 72.1 Å². The molecule has 1 saturated heterocycles. The number of aromatic nitrogens is 3. The van der Waals surface area contributed by atoms with E-state index in [1.54, 1.807) is 11.3 Å². The SMILES string of the molecule is Cc1nc(C(=O)N2CCCCCC2c2ncon2)c(C)s1. The third kappa shape index (κ3) is 2.83. The fourth-order valence-corrected chi connectivity index (χ4v) is 3.62. The summed E-state index contributed by atoms with van der Waals surface area (Å²) in [5.74, 6) is 0.573. The zero-order chi connectivity index (χ0) is 14.8. The summed E-state index contributed by atoms with van der Waals surface area (Å²) in [4.78, 5) is 24.2. The van der Waals surface area contributed by atoms with E-state index in [-0.39, 0.29) is 11.9 Å². The van der Waals surface area contributed by atoms with E-state index in [1.807, 2.05) is 18.7 Å². The van der Waals surface area contributed by atoms with Gasteiger partial charge in [-0.2, -0.15) is 4.98 Å². The maximum absolute atomic E-state index is 12.9. The summed E-state index contributed by atoms with van der Waals surface area (Å²) < 4.78 is 4.86. The van der Waals surface area contributed by atoms with Gasteiger partial charge in [0.2, 0.25) is 6.39 Å². The molecule has 0 aliphatic carbocycles. The van der Waals surface area contributed by atoms with Gasteiger partial charge in [0.15, 0.2) is 5.82 Å². The number of carbonyl (C=O) groups is 1. The quantitative estimate of drug-likeness (QED) is 0.853. The van der Waals surface area contributed by atoms with E-state index in [0.29, 0.717) is 18.1 Å². The zero-order valence-corrected chi connectivity index (χ0v) is 13.0. The molecule has 21 heavy (non-hydrogen) atoms. The van der Waals surface area contributed by atoms with Crippen LogP contribution in [0.15, 0.2) is 10.9 Å². The highest BCUT2D eigenvalue weighted by Crippen LogP contribution is 2.30. The lowest BCUT2D eigenvalue weighted by atomic mass is 10.1. The molecule has 3 rings (SSSR count). The lowest BCUT2D eigenvalue weighted by molar-refractivity contribution is 0.0664. The lowest BCUT2D eigenvalue weighted by Crippen LogP contribution is -2.35. The van der Waals surface area contributed by atoms with Crippen molar-refractivity contribution in [1.29, 1.82) is 0 Å². The van der Waals surface area contributed by atoms with Crippen molar-refractivity contribution in [3.8, 4) is 0 Å². The minimum absolute atomic E-state index is 0.0199. The van der Waals surface area contributed by atoms with Crippen molar-refractivity contribution in [2.24, 2.45) is 0 Å². The molecule has 1 aliphatic heterocycles. The van der Waals surface area contributed by atoms with Gasteiger partial charge in [0, 0.05) is 11.4 Å². The smallest absolute Gasteiger partial charge is 0.274 e. The number of likely N-dealkylation sites (tertiary alicyclic amines) is 1. The summed E-state index contributed by atoms with van der Waals surface area (Å²) in [5.41, 5.74) is 0.563. The highest BCUT2D eigenvalue weighted by Gasteiger charge is 2.32. The molecule has 1 fully saturated rings. The molecule has 0 radical (unpaired) electrons. The standard InChI is InChI=1S/C14H18N4O2S/c1-9-12(16-10(2)21-9)14(19)18-7-5-3-4-6-11(18)13-15-8-20-17-13/h8,11H,3-7H2,1-2H3. The molecule has 2 aromatic rings. The second-order valence-electron chi connectivity index (χ2n) is 5.29. The fraction of sp³-hybridized carbons (Fsp3) is 0.571. The first-order valence-corrected chi connectivity index (χ1v) is 7.99. The van der Waals surface area contributed by atoms with Gasteiger partial charge in [0.1, 0.15) is 5.69 Å². The molecule has 0 bridgehead atoms. The number of aryl methyl sites for hydroxylation is 2. The lowest BCUT2D eigenvalue weighted by Gasteiger charge is -2.27. The Balaban J connectivity index is 1.92. The summed E-state index contributed by atoms with van der Waals surface area (Å²) in [6, 6.07) is -0.111. The van der Waals surface area contributed by atoms with E-state index >= 15 is 0 Å². The summed E-state index contributed by atoms with van der Waals surface area (Å²) in [5, 5.41) is 4.86. The first-order chi connectivity index (χ1) is 10.2. The van der Waals surface area contributed by atoms with Crippen LogP contribution in [0, 0.1) is 13.8 Å². The Hall–Kier alpha value is -1.76. The molecule has 0 spiro atoms. The molecule has 0 saturated carbocycles. The van der Waals surface area contributed by atoms with Crippen LogP contribution in [0.5, 0.6) is 0 Å². The van der Waals surface area contributed by atoms with Crippen molar-refractivity contribution in [2.75, 3.05) is 6.54 Å². The van der Waals surface area contributed by atoms with E-state index < -0.39 is 0 Å². The van der Waals surface area contributed by atoms with E-state index in [0.717, 1.165) is 35.6 Å². The molecular formula is C14H18N4O2S. The van der Waals surface area contributed by atoms with Gasteiger partial charge in [-0.3, -0.25) is 4.79 Å². The van der Waals surface area contributed by atoms with Gasteiger partial charge in [0.25, 0.3) is 5.91 Å². The third-order valence-corrected chi connectivity index (χ3v) is 4.68. The molecule has 2 aromatic heterocycles. The maximum Gasteiger partial charge on any atom is 0.274 e. The van der Waals surface area contributed by atoms with Crippen LogP contribution in [0.4, 0.5) is 0 Å². The Kier molecular flexibility index (Phi) is 4.01. The van der Waals surface area contributed by atoms with Crippen molar-refractivity contribution < 1.29 is 9.32 Å². The van der Waals surface area contributed by atoms with Crippen LogP contribution in [0.25, 0.3) is 0 Å². The molecule has 0 aromatic carbocycles. The van der Waals surface area contributed by atoms with Gasteiger partial charge in [0.05, 0.1) is 11.0 Å². The molecule has 0 N–H and O–H groups in total. The average molecular weight is 306 g/mol. The molecule has 3 heterocycles. The summed E-state index contributed by atoms with van der Waals surface area (Å²) in [7, 11) is 0. The monoisotopic (exact) mass is 306 g/mol. The molecule has 7 heteroatoms. The zero-order valence-electron chi connectivity index (χ0n) is 12.2. The minimum atomic E-state index is -0.111. The first-order valence-electron chi connectivity index (χ1n) is 7.18. The van der Waals surface area contributed by atoms with Crippen LogP contribution < -0.4 is 0 Å². The van der Waals surface area contributed by atoms with Crippen LogP contribution in [-0.4, -0.2) is 32.5 Å². The number of thiazole rings is 1. The Morgan fingerprint density at radius 3 is 2.90 bits per heavy atom. The molecule has 1 atom stereocenters. The van der Waals surface area contributed by atoms with Crippen LogP contribution in [0.2, 0.25) is 0 Å². The van der Waals surface area contributed by atoms with Gasteiger partial charge in [-0.15, -0.1) is 11.3 Å². The number of hydrogen-bond acceptors (Lipinski definition) is 6. The molecule has 6 nitrogen and oxygen atoms in total. The maximum atomic E-state index is 12.9. The second-order valence-corrected chi connectivity index (χ2v) is 6.70. The predicted octanol–water partition coefficient (Wildman–Crippen LogP) is 2.90. The molecule has 1 aliphatic rings. The molecular weight excluding hydrogens is 288 g/mol. The number of hydrogen-bond donors (Lipinski definition) is 0. The van der Waals surface area contributed by atoms with Crippen LogP contribution in [-0.2, 0) is 0 Å². The average Bonchev–Trinajstić information content (AvgIpc) is 3.02. The van der Waals surface area contributed by atoms with Gasteiger partial charge in [-0.25, -0.2) is 4.98 Å². The fourth-order valence-electron chi connectivity index (χ4n) is 2.81. The van der Waals surface area contributed by atoms with Gasteiger partial charge < -0.3 is 9.42 Å². The highest BCUT2D eigenvalue weighted by molar-refractivity contribution is 7.11. The number of nitrogens with zero attached hydrogens (tertiary/aromatic N) is 4. The Bertz CT molecular complexity index is 623. The predicted molar refractivity (Wildman–Crippen MR) is 78.1 cm³/mol. The van der Waals surface area contributed by atoms with Crippen molar-refractivity contribution in [2.45, 2.75) is 45.6 Å². The van der Waals surface area contributed by atoms with Crippen molar-refractivity contribution in [1.82, 2.24) is 20.0 Å². The molecule has 1 amide bonds. The van der Waals surface area contributed by atoms with Crippen molar-refractivity contribution in [3.05, 3.63) is 27.8 Å². The van der Waals surface area contributed by atoms with E-state index in [9.17, 15) is 4.79 Å². The Morgan fingerprint density at radius 2 is 2.24 bits per heavy atom. The number of rotatable bonds is 2. The van der Waals surface area contributed by atoms with E-state index in [2.05, 4.69) is 15.1 Å². The largest absolute Gasteiger partial charge is 0.343 e. The molecule has 112 valence electrons. The van der Waals surface area contributed by atoms with Crippen LogP contribution >= 0.6 is 11.3 Å².